The first kappa shape index (κ1) is 29.3. The second kappa shape index (κ2) is 11.6. The minimum atomic E-state index is -4.03. The van der Waals surface area contributed by atoms with Crippen LogP contribution in [-0.4, -0.2) is 47.1 Å². The van der Waals surface area contributed by atoms with Gasteiger partial charge in [0.2, 0.25) is 6.79 Å². The van der Waals surface area contributed by atoms with Crippen LogP contribution in [0.25, 0.3) is 0 Å². The zero-order chi connectivity index (χ0) is 25.5. The lowest BCUT2D eigenvalue weighted by Crippen LogP contribution is -2.33. The monoisotopic (exact) mass is 490 g/mol. The number of aromatic nitrogens is 1. The molecular formula is C22H39N2O8P. The Balaban J connectivity index is 2.75. The third-order valence-electron chi connectivity index (χ3n) is 3.45. The fraction of sp³-hybridized carbons (Fsp3) is 0.727. The first-order valence-electron chi connectivity index (χ1n) is 10.8. The normalized spacial score (nSPS) is 14.1. The van der Waals surface area contributed by atoms with E-state index in [4.69, 9.17) is 23.0 Å². The van der Waals surface area contributed by atoms with E-state index in [9.17, 15) is 14.2 Å². The Kier molecular flexibility index (Phi) is 10.3. The molecule has 0 fully saturated rings. The van der Waals surface area contributed by atoms with Crippen LogP contribution in [0, 0.1) is 0 Å². The summed E-state index contributed by atoms with van der Waals surface area (Å²) in [5.74, 6) is -1.09. The first-order valence-corrected chi connectivity index (χ1v) is 12.3. The molecule has 11 heteroatoms. The Bertz CT molecular complexity index is 784. The zero-order valence-electron chi connectivity index (χ0n) is 21.1. The number of rotatable bonds is 11. The van der Waals surface area contributed by atoms with Crippen molar-refractivity contribution in [3.63, 3.8) is 0 Å². The molecule has 33 heavy (non-hydrogen) atoms. The molecule has 0 aliphatic heterocycles. The van der Waals surface area contributed by atoms with E-state index in [2.05, 4.69) is 10.3 Å². The Labute approximate surface area is 196 Å². The molecular weight excluding hydrogens is 451 g/mol. The molecule has 1 aromatic rings. The molecule has 0 aliphatic rings. The Morgan fingerprint density at radius 2 is 1.58 bits per heavy atom. The van der Waals surface area contributed by atoms with Crippen LogP contribution >= 0.6 is 7.82 Å². The molecule has 0 saturated carbocycles. The van der Waals surface area contributed by atoms with Gasteiger partial charge in [0.25, 0.3) is 0 Å². The van der Waals surface area contributed by atoms with Crippen molar-refractivity contribution in [1.29, 1.82) is 0 Å². The predicted molar refractivity (Wildman–Crippen MR) is 123 cm³/mol. The van der Waals surface area contributed by atoms with Crippen LogP contribution in [-0.2, 0) is 37.2 Å². The van der Waals surface area contributed by atoms with E-state index in [0.717, 1.165) is 0 Å². The molecule has 190 valence electrons. The summed E-state index contributed by atoms with van der Waals surface area (Å²) in [7, 11) is -4.03. The number of H-pyrrole nitrogens is 1. The molecule has 1 aromatic heterocycles. The van der Waals surface area contributed by atoms with Gasteiger partial charge in [-0.25, -0.2) is 13.9 Å². The quantitative estimate of drug-likeness (QED) is 0.259. The molecule has 0 amide bonds. The highest BCUT2D eigenvalue weighted by atomic mass is 31.2. The standard InChI is InChI=1S/C22H39N2O8P/c1-20(2,3)30-17(25)12-14-24-18(16-11-10-13-23-16)19(26)28-15-29-33(27,31-21(4,5)6)32-22(7,8)9/h10-11,13,18,23-24H,12,14-15H2,1-9H3/t18-/m0/s1. The predicted octanol–water partition coefficient (Wildman–Crippen LogP) is 4.63. The van der Waals surface area contributed by atoms with Crippen molar-refractivity contribution in [3.8, 4) is 0 Å². The van der Waals surface area contributed by atoms with Crippen LogP contribution < -0.4 is 5.32 Å². The maximum atomic E-state index is 13.1. The fourth-order valence-corrected chi connectivity index (χ4v) is 4.20. The summed E-state index contributed by atoms with van der Waals surface area (Å²) in [6.45, 7) is 15.1. The Hall–Kier alpha value is -1.71. The van der Waals surface area contributed by atoms with E-state index in [1.165, 1.54) is 0 Å². The number of carbonyl (C=O) groups is 2. The van der Waals surface area contributed by atoms with Crippen LogP contribution in [0.3, 0.4) is 0 Å². The van der Waals surface area contributed by atoms with Crippen LogP contribution in [0.1, 0.15) is 80.5 Å². The van der Waals surface area contributed by atoms with E-state index in [1.807, 2.05) is 0 Å². The number of phosphoric ester groups is 1. The molecule has 0 aromatic carbocycles. The highest BCUT2D eigenvalue weighted by molar-refractivity contribution is 7.48. The highest BCUT2D eigenvalue weighted by Gasteiger charge is 2.38. The number of hydrogen-bond donors (Lipinski definition) is 2. The third-order valence-corrected chi connectivity index (χ3v) is 5.41. The molecule has 1 atom stereocenters. The Morgan fingerprint density at radius 3 is 2.03 bits per heavy atom. The van der Waals surface area contributed by atoms with Gasteiger partial charge < -0.3 is 14.5 Å². The summed E-state index contributed by atoms with van der Waals surface area (Å²) in [6.07, 6.45) is 1.72. The summed E-state index contributed by atoms with van der Waals surface area (Å²) in [4.78, 5) is 27.6. The number of nitrogens with one attached hydrogen (secondary N) is 2. The van der Waals surface area contributed by atoms with Crippen LogP contribution in [0.15, 0.2) is 18.3 Å². The lowest BCUT2D eigenvalue weighted by Gasteiger charge is -2.30. The summed E-state index contributed by atoms with van der Waals surface area (Å²) >= 11 is 0. The van der Waals surface area contributed by atoms with Crippen LogP contribution in [0.4, 0.5) is 0 Å². The molecule has 10 nitrogen and oxygen atoms in total. The number of hydrogen-bond acceptors (Lipinski definition) is 9. The lowest BCUT2D eigenvalue weighted by atomic mass is 10.2. The van der Waals surface area contributed by atoms with Crippen molar-refractivity contribution in [3.05, 3.63) is 24.0 Å². The number of esters is 2. The van der Waals surface area contributed by atoms with Gasteiger partial charge in [-0.3, -0.25) is 19.2 Å². The first-order chi connectivity index (χ1) is 14.9. The molecule has 0 saturated heterocycles. The van der Waals surface area contributed by atoms with E-state index < -0.39 is 49.4 Å². The van der Waals surface area contributed by atoms with Gasteiger partial charge in [-0.15, -0.1) is 0 Å². The lowest BCUT2D eigenvalue weighted by molar-refractivity contribution is -0.157. The van der Waals surface area contributed by atoms with Gasteiger partial charge in [-0.05, 0) is 74.4 Å². The minimum absolute atomic E-state index is 0.0618. The summed E-state index contributed by atoms with van der Waals surface area (Å²) in [6, 6.07) is 2.52. The second-order valence-electron chi connectivity index (χ2n) is 10.4. The fourth-order valence-electron chi connectivity index (χ4n) is 2.53. The van der Waals surface area contributed by atoms with E-state index in [1.54, 1.807) is 80.6 Å². The Morgan fingerprint density at radius 1 is 1.00 bits per heavy atom. The molecule has 0 radical (unpaired) electrons. The maximum absolute atomic E-state index is 13.1. The van der Waals surface area contributed by atoms with Gasteiger partial charge in [0, 0.05) is 18.4 Å². The molecule has 1 rings (SSSR count). The smallest absolute Gasteiger partial charge is 0.460 e. The van der Waals surface area contributed by atoms with Gasteiger partial charge in [0.15, 0.2) is 0 Å². The zero-order valence-corrected chi connectivity index (χ0v) is 22.0. The molecule has 0 unspecified atom stereocenters. The molecule has 0 spiro atoms. The molecule has 0 aliphatic carbocycles. The SMILES string of the molecule is CC(C)(C)OC(=O)CCN[C@H](C(=O)OCOP(=O)(OC(C)(C)C)OC(C)(C)C)c1ccc[nH]1. The van der Waals surface area contributed by atoms with Crippen molar-refractivity contribution in [2.24, 2.45) is 0 Å². The molecule has 2 N–H and O–H groups in total. The van der Waals surface area contributed by atoms with Crippen LogP contribution in [0.2, 0.25) is 0 Å². The third kappa shape index (κ3) is 12.9. The van der Waals surface area contributed by atoms with E-state index in [0.29, 0.717) is 5.69 Å². The van der Waals surface area contributed by atoms with E-state index in [-0.39, 0.29) is 13.0 Å². The minimum Gasteiger partial charge on any atom is -0.460 e. The summed E-state index contributed by atoms with van der Waals surface area (Å²) in [5.41, 5.74) is -1.70. The number of phosphoric acid groups is 1. The summed E-state index contributed by atoms with van der Waals surface area (Å²) < 4.78 is 39.8. The maximum Gasteiger partial charge on any atom is 0.478 e. The van der Waals surface area contributed by atoms with Crippen molar-refractivity contribution >= 4 is 19.8 Å². The van der Waals surface area contributed by atoms with Gasteiger partial charge in [0.05, 0.1) is 17.6 Å². The van der Waals surface area contributed by atoms with Crippen LogP contribution in [0.5, 0.6) is 0 Å². The topological polar surface area (TPSA) is 125 Å². The van der Waals surface area contributed by atoms with Crippen molar-refractivity contribution in [2.45, 2.75) is 91.6 Å². The van der Waals surface area contributed by atoms with Crippen molar-refractivity contribution in [2.75, 3.05) is 13.3 Å². The van der Waals surface area contributed by atoms with Gasteiger partial charge in [-0.2, -0.15) is 0 Å². The molecule has 0 bridgehead atoms. The van der Waals surface area contributed by atoms with Crippen molar-refractivity contribution < 1.29 is 37.2 Å². The van der Waals surface area contributed by atoms with Gasteiger partial charge >= 0.3 is 19.8 Å². The number of ether oxygens (including phenoxy) is 2. The average molecular weight is 491 g/mol. The number of aromatic amines is 1. The average Bonchev–Trinajstić information content (AvgIpc) is 3.07. The van der Waals surface area contributed by atoms with E-state index >= 15 is 0 Å². The summed E-state index contributed by atoms with van der Waals surface area (Å²) in [5, 5.41) is 2.97. The van der Waals surface area contributed by atoms with Crippen molar-refractivity contribution in [1.82, 2.24) is 10.3 Å². The highest BCUT2D eigenvalue weighted by Crippen LogP contribution is 2.55. The number of carbonyl (C=O) groups excluding carboxylic acids is 2. The van der Waals surface area contributed by atoms with Gasteiger partial charge in [0.1, 0.15) is 11.6 Å². The largest absolute Gasteiger partial charge is 0.478 e. The molecule has 1 heterocycles. The van der Waals surface area contributed by atoms with Gasteiger partial charge in [-0.1, -0.05) is 0 Å². The second-order valence-corrected chi connectivity index (χ2v) is 11.9.